The van der Waals surface area contributed by atoms with E-state index in [0.717, 1.165) is 0 Å². The van der Waals surface area contributed by atoms with E-state index in [1.165, 1.54) is 24.2 Å². The van der Waals surface area contributed by atoms with Crippen LogP contribution in [0.25, 0.3) is 0 Å². The van der Waals surface area contributed by atoms with Crippen molar-refractivity contribution in [3.8, 4) is 29.1 Å². The lowest BCUT2D eigenvalue weighted by atomic mass is 10.1. The number of carbonyl (C=O) groups excluding carboxylic acids is 2. The number of hydrogen-bond acceptors (Lipinski definition) is 7. The predicted octanol–water partition coefficient (Wildman–Crippen LogP) is 2.51. The molecule has 1 fully saturated rings. The van der Waals surface area contributed by atoms with Gasteiger partial charge in [0.05, 0.1) is 13.2 Å². The van der Waals surface area contributed by atoms with Crippen LogP contribution in [0.4, 0.5) is 10.2 Å². The van der Waals surface area contributed by atoms with E-state index in [0.29, 0.717) is 17.2 Å². The van der Waals surface area contributed by atoms with Crippen LogP contribution in [0.2, 0.25) is 0 Å². The van der Waals surface area contributed by atoms with Crippen LogP contribution in [0.15, 0.2) is 60.8 Å². The molecule has 182 valence electrons. The summed E-state index contributed by atoms with van der Waals surface area (Å²) in [7, 11) is 1.52. The van der Waals surface area contributed by atoms with E-state index in [4.69, 9.17) is 14.2 Å². The van der Waals surface area contributed by atoms with Crippen molar-refractivity contribution in [2.24, 2.45) is 0 Å². The zero-order valence-corrected chi connectivity index (χ0v) is 19.2. The lowest BCUT2D eigenvalue weighted by Gasteiger charge is -2.28. The number of nitrogens with zero attached hydrogens (tertiary/aromatic N) is 3. The van der Waals surface area contributed by atoms with Crippen molar-refractivity contribution >= 4 is 17.6 Å². The molecular weight excluding hydrogens is 467 g/mol. The number of alkyl halides is 1. The molecular formula is C26H21FN4O5. The molecule has 2 aromatic heterocycles. The van der Waals surface area contributed by atoms with Crippen LogP contribution in [0, 0.1) is 11.8 Å². The molecule has 0 radical (unpaired) electrons. The minimum Gasteiger partial charge on any atom is -0.487 e. The van der Waals surface area contributed by atoms with Crippen LogP contribution in [0.5, 0.6) is 17.2 Å². The highest BCUT2D eigenvalue weighted by atomic mass is 19.1. The van der Waals surface area contributed by atoms with Crippen LogP contribution >= 0.6 is 0 Å². The maximum Gasteiger partial charge on any atom is 0.270 e. The van der Waals surface area contributed by atoms with E-state index in [2.05, 4.69) is 27.1 Å². The molecule has 10 heteroatoms. The van der Waals surface area contributed by atoms with Crippen molar-refractivity contribution in [3.05, 3.63) is 72.2 Å². The standard InChI is InChI=1S/C26H21FN4O5/c1-31-23-22(8-7-17(29-23)9-11-26(27)15-34-16-26)35-14-21(25(31)33)30-24(32)20-13-19(10-12-28-20)36-18-5-3-2-4-6-18/h2-8,10,12-13,21H,14-16H2,1H3,(H,30,32). The van der Waals surface area contributed by atoms with Gasteiger partial charge in [-0.25, -0.2) is 9.37 Å². The summed E-state index contributed by atoms with van der Waals surface area (Å²) in [6.07, 6.45) is 1.45. The SMILES string of the molecule is CN1C(=O)C(NC(=O)c2cc(Oc3ccccc3)ccn2)COc2ccc(C#CC3(F)COC3)nc21. The molecule has 1 aromatic carbocycles. The zero-order chi connectivity index (χ0) is 25.1. The van der Waals surface area contributed by atoms with Gasteiger partial charge in [-0.1, -0.05) is 24.1 Å². The molecule has 4 heterocycles. The Kier molecular flexibility index (Phi) is 6.23. The summed E-state index contributed by atoms with van der Waals surface area (Å²) in [6, 6.07) is 14.4. The second-order valence-corrected chi connectivity index (χ2v) is 8.25. The van der Waals surface area contributed by atoms with E-state index in [1.807, 2.05) is 18.2 Å². The molecule has 1 saturated heterocycles. The molecule has 5 rings (SSSR count). The largest absolute Gasteiger partial charge is 0.487 e. The maximum atomic E-state index is 14.1. The van der Waals surface area contributed by atoms with E-state index in [9.17, 15) is 14.0 Å². The van der Waals surface area contributed by atoms with Crippen LogP contribution in [-0.2, 0) is 9.53 Å². The fourth-order valence-electron chi connectivity index (χ4n) is 3.53. The van der Waals surface area contributed by atoms with Gasteiger partial charge >= 0.3 is 0 Å². The van der Waals surface area contributed by atoms with Crippen molar-refractivity contribution in [2.75, 3.05) is 31.8 Å². The van der Waals surface area contributed by atoms with Crippen molar-refractivity contribution in [1.82, 2.24) is 15.3 Å². The van der Waals surface area contributed by atoms with Crippen LogP contribution in [0.1, 0.15) is 16.2 Å². The molecule has 1 N–H and O–H groups in total. The van der Waals surface area contributed by atoms with Gasteiger partial charge in [0, 0.05) is 19.3 Å². The zero-order valence-electron chi connectivity index (χ0n) is 19.2. The van der Waals surface area contributed by atoms with E-state index in [1.54, 1.807) is 30.3 Å². The number of amides is 2. The predicted molar refractivity (Wildman–Crippen MR) is 127 cm³/mol. The quantitative estimate of drug-likeness (QED) is 0.563. The topological polar surface area (TPSA) is 103 Å². The van der Waals surface area contributed by atoms with Crippen molar-refractivity contribution < 1.29 is 28.2 Å². The van der Waals surface area contributed by atoms with Gasteiger partial charge < -0.3 is 19.5 Å². The number of nitrogens with one attached hydrogen (secondary N) is 1. The normalized spacial score (nSPS) is 17.9. The number of carbonyl (C=O) groups is 2. The number of rotatable bonds is 4. The van der Waals surface area contributed by atoms with Gasteiger partial charge in [-0.2, -0.15) is 0 Å². The minimum atomic E-state index is -1.68. The number of likely N-dealkylation sites (N-methyl/N-ethyl adjacent to an activating group) is 1. The number of ether oxygens (including phenoxy) is 3. The van der Waals surface area contributed by atoms with E-state index >= 15 is 0 Å². The summed E-state index contributed by atoms with van der Waals surface area (Å²) in [5, 5.41) is 2.66. The van der Waals surface area contributed by atoms with Crippen LogP contribution < -0.4 is 19.7 Å². The summed E-state index contributed by atoms with van der Waals surface area (Å²) in [5.74, 6) is 5.79. The third kappa shape index (κ3) is 4.96. The number of aromatic nitrogens is 2. The molecule has 36 heavy (non-hydrogen) atoms. The smallest absolute Gasteiger partial charge is 0.270 e. The van der Waals surface area contributed by atoms with Gasteiger partial charge in [-0.15, -0.1) is 0 Å². The first-order valence-corrected chi connectivity index (χ1v) is 11.1. The first kappa shape index (κ1) is 23.3. The highest BCUT2D eigenvalue weighted by Crippen LogP contribution is 2.29. The molecule has 0 aliphatic carbocycles. The Morgan fingerprint density at radius 3 is 2.75 bits per heavy atom. The Morgan fingerprint density at radius 2 is 2.00 bits per heavy atom. The van der Waals surface area contributed by atoms with Gasteiger partial charge in [-0.3, -0.25) is 19.5 Å². The molecule has 0 bridgehead atoms. The Hall–Kier alpha value is -4.49. The molecule has 2 amide bonds. The molecule has 1 atom stereocenters. The minimum absolute atomic E-state index is 0.0794. The van der Waals surface area contributed by atoms with Gasteiger partial charge in [-0.05, 0) is 36.3 Å². The van der Waals surface area contributed by atoms with Gasteiger partial charge in [0.1, 0.15) is 35.5 Å². The Bertz CT molecular complexity index is 1370. The van der Waals surface area contributed by atoms with Crippen LogP contribution in [0.3, 0.4) is 0 Å². The highest BCUT2D eigenvalue weighted by molar-refractivity contribution is 6.02. The molecule has 9 nitrogen and oxygen atoms in total. The Balaban J connectivity index is 1.29. The van der Waals surface area contributed by atoms with Crippen molar-refractivity contribution in [1.29, 1.82) is 0 Å². The number of fused-ring (bicyclic) bond motifs is 1. The third-order valence-electron chi connectivity index (χ3n) is 5.52. The lowest BCUT2D eigenvalue weighted by Crippen LogP contribution is -2.49. The maximum absolute atomic E-state index is 14.1. The number of pyridine rings is 2. The number of anilines is 1. The van der Waals surface area contributed by atoms with Crippen molar-refractivity contribution in [3.63, 3.8) is 0 Å². The van der Waals surface area contributed by atoms with E-state index in [-0.39, 0.29) is 37.0 Å². The molecule has 1 unspecified atom stereocenters. The second kappa shape index (κ2) is 9.64. The molecule has 2 aliphatic heterocycles. The molecule has 0 saturated carbocycles. The number of halogens is 1. The van der Waals surface area contributed by atoms with Gasteiger partial charge in [0.2, 0.25) is 5.67 Å². The lowest BCUT2D eigenvalue weighted by molar-refractivity contribution is -0.120. The molecule has 0 spiro atoms. The van der Waals surface area contributed by atoms with Gasteiger partial charge in [0.25, 0.3) is 11.8 Å². The first-order chi connectivity index (χ1) is 17.4. The fraction of sp³-hybridized carbons (Fsp3) is 0.231. The molecule has 2 aliphatic rings. The molecule has 3 aromatic rings. The number of hydrogen-bond donors (Lipinski definition) is 1. The van der Waals surface area contributed by atoms with Crippen molar-refractivity contribution in [2.45, 2.75) is 11.7 Å². The average molecular weight is 488 g/mol. The summed E-state index contributed by atoms with van der Waals surface area (Å²) in [4.78, 5) is 35.7. The first-order valence-electron chi connectivity index (χ1n) is 11.1. The summed E-state index contributed by atoms with van der Waals surface area (Å²) < 4.78 is 30.5. The monoisotopic (exact) mass is 488 g/mol. The van der Waals surface area contributed by atoms with Crippen LogP contribution in [-0.4, -0.2) is 60.4 Å². The highest BCUT2D eigenvalue weighted by Gasteiger charge is 2.37. The van der Waals surface area contributed by atoms with Gasteiger partial charge in [0.15, 0.2) is 11.6 Å². The summed E-state index contributed by atoms with van der Waals surface area (Å²) in [6.45, 7) is -0.270. The summed E-state index contributed by atoms with van der Waals surface area (Å²) >= 11 is 0. The van der Waals surface area contributed by atoms with E-state index < -0.39 is 23.5 Å². The third-order valence-corrected chi connectivity index (χ3v) is 5.52. The second-order valence-electron chi connectivity index (χ2n) is 8.25. The fourth-order valence-corrected chi connectivity index (χ4v) is 3.53. The number of para-hydroxylation sites is 1. The Labute approximate surface area is 206 Å². The average Bonchev–Trinajstić information content (AvgIpc) is 2.99. The summed E-state index contributed by atoms with van der Waals surface area (Å²) in [5.41, 5.74) is -1.32. The Morgan fingerprint density at radius 1 is 1.19 bits per heavy atom. The number of benzene rings is 1.